The molecule has 0 aromatic rings. The van der Waals surface area contributed by atoms with Gasteiger partial charge in [-0.15, -0.1) is 0 Å². The van der Waals surface area contributed by atoms with Crippen LogP contribution < -0.4 is 0 Å². The molecule has 0 saturated carbocycles. The highest BCUT2D eigenvalue weighted by molar-refractivity contribution is 14.1. The Kier molecular flexibility index (Phi) is 3.45. The zero-order valence-electron chi connectivity index (χ0n) is 6.61. The minimum Gasteiger partial charge on any atom is -0.388 e. The van der Waals surface area contributed by atoms with Gasteiger partial charge in [-0.25, -0.2) is 0 Å². The Morgan fingerprint density at radius 3 is 2.42 bits per heavy atom. The summed E-state index contributed by atoms with van der Waals surface area (Å²) in [6, 6.07) is 0. The van der Waals surface area contributed by atoms with Crippen molar-refractivity contribution in [1.29, 1.82) is 0 Å². The molecule has 1 heterocycles. The van der Waals surface area contributed by atoms with Gasteiger partial charge in [-0.2, -0.15) is 0 Å². The average Bonchev–Trinajstić information content (AvgIpc) is 2.17. The van der Waals surface area contributed by atoms with Crippen LogP contribution >= 0.6 is 22.6 Å². The van der Waals surface area contributed by atoms with Gasteiger partial charge in [-0.05, 0) is 29.5 Å². The van der Waals surface area contributed by atoms with Crippen LogP contribution in [0, 0.1) is 0 Å². The number of carbonyl (C=O) groups is 1. The monoisotopic (exact) mass is 286 g/mol. The summed E-state index contributed by atoms with van der Waals surface area (Å²) >= 11 is 1.64. The zero-order chi connectivity index (χ0) is 9.30. The van der Waals surface area contributed by atoms with Crippen molar-refractivity contribution >= 4 is 26.4 Å². The van der Waals surface area contributed by atoms with Crippen molar-refractivity contribution in [1.82, 2.24) is 0 Å². The Morgan fingerprint density at radius 1 is 1.50 bits per heavy atom. The summed E-state index contributed by atoms with van der Waals surface area (Å²) in [5.41, 5.74) is 0. The van der Waals surface area contributed by atoms with Crippen molar-refractivity contribution in [2.45, 2.75) is 37.8 Å². The fraction of sp³-hybridized carbons (Fsp3) is 0.857. The smallest absolute Gasteiger partial charge is 0.195 e. The van der Waals surface area contributed by atoms with Gasteiger partial charge in [0, 0.05) is 6.42 Å². The molecule has 1 aliphatic rings. The minimum absolute atomic E-state index is 0.0713. The van der Waals surface area contributed by atoms with E-state index in [9.17, 15) is 15.0 Å². The van der Waals surface area contributed by atoms with Gasteiger partial charge in [-0.3, -0.25) is 4.79 Å². The molecule has 0 spiro atoms. The van der Waals surface area contributed by atoms with Gasteiger partial charge in [-0.1, -0.05) is 0 Å². The van der Waals surface area contributed by atoms with Gasteiger partial charge in [0.2, 0.25) is 0 Å². The molecule has 1 aliphatic heterocycles. The largest absolute Gasteiger partial charge is 0.388 e. The second-order valence-electron chi connectivity index (χ2n) is 2.92. The molecule has 1 saturated heterocycles. The topological polar surface area (TPSA) is 66.8 Å². The fourth-order valence-electron chi connectivity index (χ4n) is 1.26. The Morgan fingerprint density at radius 2 is 2.08 bits per heavy atom. The van der Waals surface area contributed by atoms with Gasteiger partial charge in [0.05, 0.1) is 12.2 Å². The minimum atomic E-state index is -0.932. The number of rotatable bonds is 2. The normalized spacial score (nSPS) is 41.7. The van der Waals surface area contributed by atoms with Crippen LogP contribution in [-0.2, 0) is 9.53 Å². The molecule has 1 rings (SSSR count). The number of carbonyl (C=O) groups excluding carboxylic acids is 1. The number of hydrogen-bond acceptors (Lipinski definition) is 4. The molecular formula is C7H11IO4. The van der Waals surface area contributed by atoms with Gasteiger partial charge < -0.3 is 14.9 Å². The molecule has 0 radical (unpaired) electrons. The standard InChI is InChI=1S/C7H11IO4/c1-3-6(10)7(11)4(12-3)2-5(8)9/h3-4,6-7,10-11H,2H2,1H3/t3-,4+,6?,7-/m0/s1. The van der Waals surface area contributed by atoms with E-state index in [0.29, 0.717) is 0 Å². The maximum absolute atomic E-state index is 10.7. The fourth-order valence-corrected chi connectivity index (χ4v) is 1.70. The molecule has 4 nitrogen and oxygen atoms in total. The highest BCUT2D eigenvalue weighted by atomic mass is 127. The maximum Gasteiger partial charge on any atom is 0.195 e. The van der Waals surface area contributed by atoms with Crippen LogP contribution in [0.3, 0.4) is 0 Å². The van der Waals surface area contributed by atoms with Crippen molar-refractivity contribution in [3.8, 4) is 0 Å². The van der Waals surface area contributed by atoms with Crippen LogP contribution in [0.5, 0.6) is 0 Å². The Balaban J connectivity index is 2.52. The highest BCUT2D eigenvalue weighted by Crippen LogP contribution is 2.23. The van der Waals surface area contributed by atoms with Crippen LogP contribution in [0.15, 0.2) is 0 Å². The summed E-state index contributed by atoms with van der Waals surface area (Å²) < 4.78 is 5.10. The SMILES string of the molecule is C[C@@H]1O[C@H](CC(=O)I)[C@H](O)C1O. The summed E-state index contributed by atoms with van der Waals surface area (Å²) in [4.78, 5) is 10.7. The van der Waals surface area contributed by atoms with Crippen LogP contribution in [0.2, 0.25) is 0 Å². The molecule has 70 valence electrons. The Bertz CT molecular complexity index is 184. The Hall–Kier alpha value is 0.280. The molecule has 0 aromatic heterocycles. The van der Waals surface area contributed by atoms with Crippen molar-refractivity contribution in [2.24, 2.45) is 0 Å². The molecule has 0 amide bonds. The lowest BCUT2D eigenvalue weighted by molar-refractivity contribution is -0.113. The third kappa shape index (κ3) is 2.15. The summed E-state index contributed by atoms with van der Waals surface area (Å²) in [7, 11) is 0. The van der Waals surface area contributed by atoms with Gasteiger partial charge >= 0.3 is 0 Å². The molecule has 0 bridgehead atoms. The number of ether oxygens (including phenoxy) is 1. The lowest BCUT2D eigenvalue weighted by Crippen LogP contribution is -2.32. The molecule has 0 aliphatic carbocycles. The van der Waals surface area contributed by atoms with Crippen LogP contribution in [0.25, 0.3) is 0 Å². The third-order valence-electron chi connectivity index (χ3n) is 1.96. The molecular weight excluding hydrogens is 275 g/mol. The molecule has 1 unspecified atom stereocenters. The van der Waals surface area contributed by atoms with Crippen molar-refractivity contribution in [3.05, 3.63) is 0 Å². The van der Waals surface area contributed by atoms with E-state index in [2.05, 4.69) is 0 Å². The van der Waals surface area contributed by atoms with Crippen LogP contribution in [0.1, 0.15) is 13.3 Å². The number of hydrogen-bond donors (Lipinski definition) is 2. The van der Waals surface area contributed by atoms with Gasteiger partial charge in [0.25, 0.3) is 0 Å². The van der Waals surface area contributed by atoms with Gasteiger partial charge in [0.1, 0.15) is 12.2 Å². The first kappa shape index (κ1) is 10.4. The summed E-state index contributed by atoms with van der Waals surface area (Å²) in [5, 5.41) is 18.6. The van der Waals surface area contributed by atoms with E-state index < -0.39 is 18.3 Å². The van der Waals surface area contributed by atoms with Crippen molar-refractivity contribution < 1.29 is 19.7 Å². The molecule has 1 fully saturated rings. The second-order valence-corrected chi connectivity index (χ2v) is 4.12. The van der Waals surface area contributed by atoms with Crippen molar-refractivity contribution in [2.75, 3.05) is 0 Å². The molecule has 4 atom stereocenters. The molecule has 0 aromatic carbocycles. The summed E-state index contributed by atoms with van der Waals surface area (Å²) in [5.74, 6) is 0. The first-order valence-corrected chi connectivity index (χ1v) is 4.80. The van der Waals surface area contributed by atoms with E-state index in [-0.39, 0.29) is 16.3 Å². The van der Waals surface area contributed by atoms with E-state index in [1.54, 1.807) is 29.5 Å². The van der Waals surface area contributed by atoms with E-state index >= 15 is 0 Å². The summed E-state index contributed by atoms with van der Waals surface area (Å²) in [6.07, 6.45) is -2.58. The number of aliphatic hydroxyl groups excluding tert-OH is 2. The predicted octanol–water partition coefficient (Wildman–Crippen LogP) is -0.153. The summed E-state index contributed by atoms with van der Waals surface area (Å²) in [6.45, 7) is 1.67. The third-order valence-corrected chi connectivity index (χ3v) is 2.40. The maximum atomic E-state index is 10.7. The molecule has 12 heavy (non-hydrogen) atoms. The van der Waals surface area contributed by atoms with Crippen LogP contribution in [-0.4, -0.2) is 38.4 Å². The number of halogens is 1. The van der Waals surface area contributed by atoms with E-state index in [1.807, 2.05) is 0 Å². The van der Waals surface area contributed by atoms with Gasteiger partial charge in [0.15, 0.2) is 3.79 Å². The Labute approximate surface area is 84.0 Å². The first-order valence-electron chi connectivity index (χ1n) is 3.72. The second kappa shape index (κ2) is 3.99. The first-order chi connectivity index (χ1) is 5.52. The van der Waals surface area contributed by atoms with E-state index in [4.69, 9.17) is 4.74 Å². The quantitative estimate of drug-likeness (QED) is 0.547. The van der Waals surface area contributed by atoms with E-state index in [0.717, 1.165) is 0 Å². The molecule has 2 N–H and O–H groups in total. The number of aliphatic hydroxyl groups is 2. The lowest BCUT2D eigenvalue weighted by Gasteiger charge is -2.11. The zero-order valence-corrected chi connectivity index (χ0v) is 8.76. The van der Waals surface area contributed by atoms with Crippen molar-refractivity contribution in [3.63, 3.8) is 0 Å². The van der Waals surface area contributed by atoms with Crippen LogP contribution in [0.4, 0.5) is 0 Å². The molecule has 5 heteroatoms. The predicted molar refractivity (Wildman–Crippen MR) is 50.0 cm³/mol. The average molecular weight is 286 g/mol. The van der Waals surface area contributed by atoms with E-state index in [1.165, 1.54) is 0 Å². The highest BCUT2D eigenvalue weighted by Gasteiger charge is 2.40. The lowest BCUT2D eigenvalue weighted by atomic mass is 10.1.